The lowest BCUT2D eigenvalue weighted by atomic mass is 9.99. The predicted molar refractivity (Wildman–Crippen MR) is 86.0 cm³/mol. The van der Waals surface area contributed by atoms with Crippen LogP contribution in [0.5, 0.6) is 0 Å². The maximum Gasteiger partial charge on any atom is 0.0439 e. The molecule has 0 bridgehead atoms. The molecule has 20 heavy (non-hydrogen) atoms. The minimum Gasteiger partial charge on any atom is -0.271 e. The molecule has 2 nitrogen and oxygen atoms in total. The molecule has 1 atom stereocenters. The summed E-state index contributed by atoms with van der Waals surface area (Å²) in [6, 6.07) is 16.1. The van der Waals surface area contributed by atoms with Crippen molar-refractivity contribution in [3.8, 4) is 0 Å². The summed E-state index contributed by atoms with van der Waals surface area (Å²) < 4.78 is 0. The van der Waals surface area contributed by atoms with E-state index < -0.39 is 0 Å². The number of hydrogen-bond donors (Lipinski definition) is 2. The monoisotopic (exact) mass is 308 g/mol. The molecule has 0 saturated carbocycles. The third-order valence-electron chi connectivity index (χ3n) is 3.33. The van der Waals surface area contributed by atoms with Gasteiger partial charge in [-0.15, -0.1) is 0 Å². The molecule has 0 aromatic heterocycles. The van der Waals surface area contributed by atoms with Crippen molar-refractivity contribution in [1.82, 2.24) is 5.43 Å². The van der Waals surface area contributed by atoms with Gasteiger partial charge in [-0.3, -0.25) is 11.3 Å². The maximum absolute atomic E-state index is 6.19. The Labute approximate surface area is 129 Å². The third kappa shape index (κ3) is 4.50. The molecule has 2 aromatic rings. The Kier molecular flexibility index (Phi) is 5.86. The normalized spacial score (nSPS) is 12.3. The summed E-state index contributed by atoms with van der Waals surface area (Å²) in [6.45, 7) is 0. The first-order valence-electron chi connectivity index (χ1n) is 6.63. The fourth-order valence-electron chi connectivity index (χ4n) is 2.20. The van der Waals surface area contributed by atoms with E-state index in [1.54, 1.807) is 6.07 Å². The van der Waals surface area contributed by atoms with Crippen LogP contribution in [0.3, 0.4) is 0 Å². The minimum atomic E-state index is 0.172. The molecule has 0 spiro atoms. The highest BCUT2D eigenvalue weighted by atomic mass is 35.5. The first kappa shape index (κ1) is 15.3. The average Bonchev–Trinajstić information content (AvgIpc) is 2.48. The van der Waals surface area contributed by atoms with Crippen LogP contribution < -0.4 is 11.3 Å². The van der Waals surface area contributed by atoms with Gasteiger partial charge in [-0.2, -0.15) is 0 Å². The first-order valence-corrected chi connectivity index (χ1v) is 7.38. The molecule has 3 N–H and O–H groups in total. The van der Waals surface area contributed by atoms with E-state index in [0.29, 0.717) is 5.02 Å². The van der Waals surface area contributed by atoms with Gasteiger partial charge in [0.25, 0.3) is 0 Å². The quantitative estimate of drug-likeness (QED) is 0.625. The van der Waals surface area contributed by atoms with Crippen molar-refractivity contribution in [1.29, 1.82) is 0 Å². The number of nitrogens with one attached hydrogen (secondary N) is 1. The fourth-order valence-corrected chi connectivity index (χ4v) is 2.58. The average molecular weight is 309 g/mol. The van der Waals surface area contributed by atoms with Crippen molar-refractivity contribution in [2.45, 2.75) is 25.3 Å². The van der Waals surface area contributed by atoms with Gasteiger partial charge in [-0.05, 0) is 48.6 Å². The Balaban J connectivity index is 1.97. The molecule has 0 saturated heterocycles. The van der Waals surface area contributed by atoms with Crippen LogP contribution in [0.15, 0.2) is 48.5 Å². The summed E-state index contributed by atoms with van der Waals surface area (Å²) in [4.78, 5) is 0. The van der Waals surface area contributed by atoms with Crippen molar-refractivity contribution in [3.63, 3.8) is 0 Å². The smallest absolute Gasteiger partial charge is 0.0439 e. The summed E-state index contributed by atoms with van der Waals surface area (Å²) >= 11 is 12.2. The van der Waals surface area contributed by atoms with E-state index >= 15 is 0 Å². The van der Waals surface area contributed by atoms with Gasteiger partial charge in [0.05, 0.1) is 0 Å². The highest BCUT2D eigenvalue weighted by Crippen LogP contribution is 2.22. The van der Waals surface area contributed by atoms with Gasteiger partial charge < -0.3 is 0 Å². The number of hydrogen-bond acceptors (Lipinski definition) is 2. The topological polar surface area (TPSA) is 38.0 Å². The number of rotatable bonds is 6. The highest BCUT2D eigenvalue weighted by molar-refractivity contribution is 6.33. The molecule has 0 aliphatic carbocycles. The van der Waals surface area contributed by atoms with Gasteiger partial charge in [0.15, 0.2) is 0 Å². The molecule has 2 rings (SSSR count). The van der Waals surface area contributed by atoms with Crippen molar-refractivity contribution in [2.24, 2.45) is 5.84 Å². The SMILES string of the molecule is NNC(CCc1ccccc1)Cc1cc(Cl)ccc1Cl. The van der Waals surface area contributed by atoms with Gasteiger partial charge in [0, 0.05) is 16.1 Å². The fraction of sp³-hybridized carbons (Fsp3) is 0.250. The molecule has 0 aliphatic heterocycles. The van der Waals surface area contributed by atoms with E-state index in [0.717, 1.165) is 29.8 Å². The second-order valence-electron chi connectivity index (χ2n) is 4.83. The number of nitrogens with two attached hydrogens (primary N) is 1. The van der Waals surface area contributed by atoms with Crippen LogP contribution in [0.1, 0.15) is 17.5 Å². The zero-order valence-corrected chi connectivity index (χ0v) is 12.7. The van der Waals surface area contributed by atoms with Gasteiger partial charge >= 0.3 is 0 Å². The Morgan fingerprint density at radius 1 is 1.05 bits per heavy atom. The van der Waals surface area contributed by atoms with Crippen LogP contribution in [-0.4, -0.2) is 6.04 Å². The van der Waals surface area contributed by atoms with E-state index in [2.05, 4.69) is 17.6 Å². The Hall–Kier alpha value is -1.06. The van der Waals surface area contributed by atoms with E-state index in [4.69, 9.17) is 29.0 Å². The summed E-state index contributed by atoms with van der Waals surface area (Å²) in [7, 11) is 0. The Morgan fingerprint density at radius 3 is 2.50 bits per heavy atom. The summed E-state index contributed by atoms with van der Waals surface area (Å²) in [6.07, 6.45) is 2.69. The standard InChI is InChI=1S/C16H18Cl2N2/c17-14-7-9-16(18)13(10-14)11-15(20-19)8-6-12-4-2-1-3-5-12/h1-5,7,9-10,15,20H,6,8,11,19H2. The molecular formula is C16H18Cl2N2. The molecule has 2 aromatic carbocycles. The van der Waals surface area contributed by atoms with Crippen LogP contribution in [0.4, 0.5) is 0 Å². The van der Waals surface area contributed by atoms with Gasteiger partial charge in [-0.1, -0.05) is 53.5 Å². The number of halogens is 2. The van der Waals surface area contributed by atoms with Gasteiger partial charge in [0.1, 0.15) is 0 Å². The van der Waals surface area contributed by atoms with Crippen LogP contribution in [-0.2, 0) is 12.8 Å². The second kappa shape index (κ2) is 7.65. The lowest BCUT2D eigenvalue weighted by molar-refractivity contribution is 0.491. The Bertz CT molecular complexity index is 543. The zero-order valence-electron chi connectivity index (χ0n) is 11.2. The number of benzene rings is 2. The minimum absolute atomic E-state index is 0.172. The Morgan fingerprint density at radius 2 is 1.80 bits per heavy atom. The number of hydrazine groups is 1. The van der Waals surface area contributed by atoms with Gasteiger partial charge in [0.2, 0.25) is 0 Å². The van der Waals surface area contributed by atoms with Crippen molar-refractivity contribution in [3.05, 3.63) is 69.7 Å². The molecule has 0 fully saturated rings. The molecule has 1 unspecified atom stereocenters. The van der Waals surface area contributed by atoms with Crippen LogP contribution in [0, 0.1) is 0 Å². The lowest BCUT2D eigenvalue weighted by Gasteiger charge is -2.17. The van der Waals surface area contributed by atoms with Crippen LogP contribution in [0.2, 0.25) is 10.0 Å². The zero-order chi connectivity index (χ0) is 14.4. The lowest BCUT2D eigenvalue weighted by Crippen LogP contribution is -2.37. The van der Waals surface area contributed by atoms with E-state index in [9.17, 15) is 0 Å². The maximum atomic E-state index is 6.19. The van der Waals surface area contributed by atoms with Crippen molar-refractivity contribution in [2.75, 3.05) is 0 Å². The summed E-state index contributed by atoms with van der Waals surface area (Å²) in [5.74, 6) is 5.65. The second-order valence-corrected chi connectivity index (χ2v) is 5.67. The molecular weight excluding hydrogens is 291 g/mol. The van der Waals surface area contributed by atoms with Crippen LogP contribution >= 0.6 is 23.2 Å². The molecule has 4 heteroatoms. The van der Waals surface area contributed by atoms with E-state index in [1.807, 2.05) is 30.3 Å². The predicted octanol–water partition coefficient (Wildman–Crippen LogP) is 4.00. The summed E-state index contributed by atoms with van der Waals surface area (Å²) in [5, 5.41) is 1.43. The van der Waals surface area contributed by atoms with Crippen molar-refractivity contribution < 1.29 is 0 Å². The molecule has 0 aliphatic rings. The third-order valence-corrected chi connectivity index (χ3v) is 3.94. The summed E-state index contributed by atoms with van der Waals surface area (Å²) in [5.41, 5.74) is 5.20. The first-order chi connectivity index (χ1) is 9.69. The highest BCUT2D eigenvalue weighted by Gasteiger charge is 2.11. The molecule has 0 amide bonds. The molecule has 106 valence electrons. The van der Waals surface area contributed by atoms with E-state index in [-0.39, 0.29) is 6.04 Å². The molecule has 0 heterocycles. The largest absolute Gasteiger partial charge is 0.271 e. The molecule has 0 radical (unpaired) electrons. The van der Waals surface area contributed by atoms with Crippen molar-refractivity contribution >= 4 is 23.2 Å². The van der Waals surface area contributed by atoms with E-state index in [1.165, 1.54) is 5.56 Å². The number of aryl methyl sites for hydroxylation is 1. The van der Waals surface area contributed by atoms with Crippen LogP contribution in [0.25, 0.3) is 0 Å². The van der Waals surface area contributed by atoms with Gasteiger partial charge in [-0.25, -0.2) is 0 Å².